The second-order valence-corrected chi connectivity index (χ2v) is 8.45. The van der Waals surface area contributed by atoms with Crippen LogP contribution in [0.15, 0.2) is 35.1 Å². The molecule has 4 rings (SSSR count). The Morgan fingerprint density at radius 1 is 1.29 bits per heavy atom. The number of carbonyl (C=O) groups is 1. The molecule has 0 aliphatic heterocycles. The third-order valence-electron chi connectivity index (χ3n) is 5.33. The second-order valence-electron chi connectivity index (χ2n) is 7.37. The van der Waals surface area contributed by atoms with Crippen molar-refractivity contribution >= 4 is 27.5 Å². The van der Waals surface area contributed by atoms with Gasteiger partial charge >= 0.3 is 0 Å². The van der Waals surface area contributed by atoms with E-state index in [1.54, 1.807) is 11.3 Å². The van der Waals surface area contributed by atoms with E-state index in [9.17, 15) is 9.59 Å². The van der Waals surface area contributed by atoms with Gasteiger partial charge in [-0.3, -0.25) is 9.59 Å². The van der Waals surface area contributed by atoms with Gasteiger partial charge in [-0.05, 0) is 36.8 Å². The van der Waals surface area contributed by atoms with Crippen molar-refractivity contribution < 1.29 is 4.79 Å². The van der Waals surface area contributed by atoms with Crippen LogP contribution in [0.3, 0.4) is 0 Å². The smallest absolute Gasteiger partial charge is 0.259 e. The number of benzene rings is 1. The van der Waals surface area contributed by atoms with E-state index in [0.717, 1.165) is 47.9 Å². The third kappa shape index (κ3) is 3.87. The van der Waals surface area contributed by atoms with Crippen molar-refractivity contribution in [1.29, 1.82) is 0 Å². The molecule has 1 amide bonds. The van der Waals surface area contributed by atoms with Gasteiger partial charge in [0.15, 0.2) is 0 Å². The molecule has 28 heavy (non-hydrogen) atoms. The highest BCUT2D eigenvalue weighted by atomic mass is 32.1. The Morgan fingerprint density at radius 3 is 2.89 bits per heavy atom. The van der Waals surface area contributed by atoms with Crippen LogP contribution in [0, 0.1) is 0 Å². The van der Waals surface area contributed by atoms with Crippen molar-refractivity contribution in [3.63, 3.8) is 0 Å². The topological polar surface area (TPSA) is 74.8 Å². The minimum absolute atomic E-state index is 0.0151. The quantitative estimate of drug-likeness (QED) is 0.633. The lowest BCUT2D eigenvalue weighted by Crippen LogP contribution is -2.29. The molecule has 6 heteroatoms. The van der Waals surface area contributed by atoms with E-state index in [-0.39, 0.29) is 17.5 Å². The Bertz CT molecular complexity index is 1040. The molecule has 1 atom stereocenters. The van der Waals surface area contributed by atoms with Gasteiger partial charge in [-0.15, -0.1) is 11.3 Å². The van der Waals surface area contributed by atoms with E-state index >= 15 is 0 Å². The summed E-state index contributed by atoms with van der Waals surface area (Å²) in [6.45, 7) is 2.12. The second kappa shape index (κ2) is 8.27. The van der Waals surface area contributed by atoms with Crippen LogP contribution in [0.5, 0.6) is 0 Å². The number of fused-ring (bicyclic) bond motifs is 3. The molecule has 3 aromatic rings. The Balaban J connectivity index is 1.44. The average Bonchev–Trinajstić information content (AvgIpc) is 3.27. The average molecular weight is 396 g/mol. The summed E-state index contributed by atoms with van der Waals surface area (Å²) in [6, 6.07) is 10.1. The number of nitrogens with one attached hydrogen (secondary N) is 2. The summed E-state index contributed by atoms with van der Waals surface area (Å²) in [4.78, 5) is 34.7. The fraction of sp³-hybridized carbons (Fsp3) is 0.409. The molecule has 1 aliphatic carbocycles. The lowest BCUT2D eigenvalue weighted by atomic mass is 10.0. The van der Waals surface area contributed by atoms with Gasteiger partial charge in [-0.2, -0.15) is 0 Å². The minimum Gasteiger partial charge on any atom is -0.349 e. The first-order chi connectivity index (χ1) is 13.7. The van der Waals surface area contributed by atoms with E-state index in [0.29, 0.717) is 18.7 Å². The summed E-state index contributed by atoms with van der Waals surface area (Å²) < 4.78 is 0. The van der Waals surface area contributed by atoms with E-state index < -0.39 is 0 Å². The van der Waals surface area contributed by atoms with E-state index in [2.05, 4.69) is 22.2 Å². The highest BCUT2D eigenvalue weighted by molar-refractivity contribution is 7.18. The first kappa shape index (κ1) is 18.9. The number of hydrogen-bond donors (Lipinski definition) is 2. The van der Waals surface area contributed by atoms with Crippen LogP contribution in [-0.2, 0) is 24.1 Å². The molecule has 0 radical (unpaired) electrons. The van der Waals surface area contributed by atoms with Gasteiger partial charge in [0, 0.05) is 17.7 Å². The molecule has 0 bridgehead atoms. The molecule has 2 heterocycles. The van der Waals surface area contributed by atoms with Gasteiger partial charge in [0.05, 0.1) is 11.4 Å². The first-order valence-corrected chi connectivity index (χ1v) is 10.8. The Labute approximate surface area is 168 Å². The van der Waals surface area contributed by atoms with Gasteiger partial charge in [-0.1, -0.05) is 43.7 Å². The number of rotatable bonds is 7. The molecule has 2 N–H and O–H groups in total. The summed E-state index contributed by atoms with van der Waals surface area (Å²) in [5, 5.41) is 3.89. The van der Waals surface area contributed by atoms with Crippen LogP contribution in [0.25, 0.3) is 10.2 Å². The first-order valence-electron chi connectivity index (χ1n) is 10.0. The number of hydrogen-bond acceptors (Lipinski definition) is 4. The lowest BCUT2D eigenvalue weighted by Gasteiger charge is -2.18. The van der Waals surface area contributed by atoms with E-state index in [1.807, 2.05) is 30.3 Å². The SMILES string of the molecule is CCCC(NC(=O)CCc1nc2sc3c(c2c(=O)[nH]1)CCC3)c1ccccc1. The minimum atomic E-state index is -0.0621. The number of aryl methyl sites for hydroxylation is 3. The molecule has 1 aromatic carbocycles. The predicted octanol–water partition coefficient (Wildman–Crippen LogP) is 4.06. The standard InChI is InChI=1S/C22H25N3O2S/c1-2-7-16(14-8-4-3-5-9-14)23-19(26)13-12-18-24-21(27)20-15-10-6-11-17(15)28-22(20)25-18/h3-5,8-9,16H,2,6-7,10-13H2,1H3,(H,23,26)(H,24,25,27). The van der Waals surface area contributed by atoms with Gasteiger partial charge in [0.2, 0.25) is 5.91 Å². The molecule has 1 aliphatic rings. The summed E-state index contributed by atoms with van der Waals surface area (Å²) in [5.74, 6) is 0.582. The zero-order valence-corrected chi connectivity index (χ0v) is 16.9. The molecular weight excluding hydrogens is 370 g/mol. The third-order valence-corrected chi connectivity index (χ3v) is 6.51. The predicted molar refractivity (Wildman–Crippen MR) is 113 cm³/mol. The number of H-pyrrole nitrogens is 1. The highest BCUT2D eigenvalue weighted by Gasteiger charge is 2.21. The van der Waals surface area contributed by atoms with Crippen molar-refractivity contribution in [2.24, 2.45) is 0 Å². The van der Waals surface area contributed by atoms with Crippen molar-refractivity contribution in [1.82, 2.24) is 15.3 Å². The van der Waals surface area contributed by atoms with Gasteiger partial charge in [0.1, 0.15) is 10.7 Å². The van der Waals surface area contributed by atoms with Gasteiger partial charge in [-0.25, -0.2) is 4.98 Å². The molecule has 1 unspecified atom stereocenters. The van der Waals surface area contributed by atoms with Crippen LogP contribution >= 0.6 is 11.3 Å². The number of thiophene rings is 1. The maximum Gasteiger partial charge on any atom is 0.259 e. The number of aromatic amines is 1. The maximum atomic E-state index is 12.5. The Morgan fingerprint density at radius 2 is 2.11 bits per heavy atom. The normalized spacial score (nSPS) is 14.2. The van der Waals surface area contributed by atoms with Crippen LogP contribution in [-0.4, -0.2) is 15.9 Å². The lowest BCUT2D eigenvalue weighted by molar-refractivity contribution is -0.121. The Hall–Kier alpha value is -2.47. The molecule has 5 nitrogen and oxygen atoms in total. The number of amides is 1. The molecule has 0 saturated heterocycles. The summed E-state index contributed by atoms with van der Waals surface area (Å²) in [5.41, 5.74) is 2.25. The van der Waals surface area contributed by atoms with E-state index in [4.69, 9.17) is 0 Å². The number of nitrogens with zero attached hydrogens (tertiary/aromatic N) is 1. The molecule has 2 aromatic heterocycles. The highest BCUT2D eigenvalue weighted by Crippen LogP contribution is 2.34. The van der Waals surface area contributed by atoms with Crippen molar-refractivity contribution in [2.45, 2.75) is 57.9 Å². The molecule has 146 valence electrons. The van der Waals surface area contributed by atoms with Crippen LogP contribution in [0.4, 0.5) is 0 Å². The molecule has 0 fully saturated rings. The largest absolute Gasteiger partial charge is 0.349 e. The fourth-order valence-electron chi connectivity index (χ4n) is 3.96. The van der Waals surface area contributed by atoms with Crippen molar-refractivity contribution in [2.75, 3.05) is 0 Å². The molecule has 0 spiro atoms. The Kier molecular flexibility index (Phi) is 5.57. The zero-order chi connectivity index (χ0) is 19.5. The van der Waals surface area contributed by atoms with Crippen LogP contribution in [0.1, 0.15) is 60.5 Å². The van der Waals surface area contributed by atoms with Crippen molar-refractivity contribution in [3.05, 3.63) is 62.5 Å². The van der Waals surface area contributed by atoms with Crippen molar-refractivity contribution in [3.8, 4) is 0 Å². The monoisotopic (exact) mass is 395 g/mol. The van der Waals surface area contributed by atoms with Crippen LogP contribution in [0.2, 0.25) is 0 Å². The number of aromatic nitrogens is 2. The fourth-order valence-corrected chi connectivity index (χ4v) is 5.24. The maximum absolute atomic E-state index is 12.5. The summed E-state index contributed by atoms with van der Waals surface area (Å²) in [6.07, 6.45) is 5.79. The molecule has 0 saturated carbocycles. The van der Waals surface area contributed by atoms with E-state index in [1.165, 1.54) is 10.4 Å². The van der Waals surface area contributed by atoms with Crippen LogP contribution < -0.4 is 10.9 Å². The zero-order valence-electron chi connectivity index (χ0n) is 16.1. The number of carbonyl (C=O) groups excluding carboxylic acids is 1. The molecular formula is C22H25N3O2S. The summed E-state index contributed by atoms with van der Waals surface area (Å²) in [7, 11) is 0. The summed E-state index contributed by atoms with van der Waals surface area (Å²) >= 11 is 1.63. The van der Waals surface area contributed by atoms with Gasteiger partial charge in [0.25, 0.3) is 5.56 Å². The van der Waals surface area contributed by atoms with Gasteiger partial charge < -0.3 is 10.3 Å².